The van der Waals surface area contributed by atoms with Crippen LogP contribution < -0.4 is 10.1 Å². The molecule has 0 fully saturated rings. The van der Waals surface area contributed by atoms with Crippen LogP contribution in [0.1, 0.15) is 31.9 Å². The zero-order valence-corrected chi connectivity index (χ0v) is 12.9. The number of ether oxygens (including phenoxy) is 1. The number of thioether (sulfide) groups is 1. The van der Waals surface area contributed by atoms with Gasteiger partial charge in [-0.3, -0.25) is 0 Å². The fraction of sp³-hybridized carbons (Fsp3) is 0.571. The van der Waals surface area contributed by atoms with Crippen LogP contribution in [0.2, 0.25) is 5.02 Å². The van der Waals surface area contributed by atoms with E-state index in [-0.39, 0.29) is 6.04 Å². The highest BCUT2D eigenvalue weighted by atomic mass is 35.5. The first-order valence-corrected chi connectivity index (χ1v) is 7.89. The third-order valence-corrected chi connectivity index (χ3v) is 3.99. The van der Waals surface area contributed by atoms with Crippen molar-refractivity contribution in [1.82, 2.24) is 5.32 Å². The molecule has 0 saturated heterocycles. The molecule has 0 aliphatic heterocycles. The Kier molecular flexibility index (Phi) is 7.56. The van der Waals surface area contributed by atoms with E-state index in [1.807, 2.05) is 37.0 Å². The molecule has 0 aliphatic carbocycles. The molecule has 2 nitrogen and oxygen atoms in total. The summed E-state index contributed by atoms with van der Waals surface area (Å²) in [6, 6.07) is 6.05. The summed E-state index contributed by atoms with van der Waals surface area (Å²) in [5.41, 5.74) is 1.12. The zero-order chi connectivity index (χ0) is 13.4. The lowest BCUT2D eigenvalue weighted by Gasteiger charge is -2.17. The third-order valence-electron chi connectivity index (χ3n) is 2.77. The summed E-state index contributed by atoms with van der Waals surface area (Å²) in [5, 5.41) is 3.97. The summed E-state index contributed by atoms with van der Waals surface area (Å²) in [4.78, 5) is 0. The van der Waals surface area contributed by atoms with Crippen molar-refractivity contribution in [3.05, 3.63) is 28.8 Å². The topological polar surface area (TPSA) is 21.3 Å². The van der Waals surface area contributed by atoms with E-state index < -0.39 is 0 Å². The smallest absolute Gasteiger partial charge is 0.124 e. The van der Waals surface area contributed by atoms with Gasteiger partial charge in [0, 0.05) is 16.6 Å². The van der Waals surface area contributed by atoms with Crippen LogP contribution in [0.15, 0.2) is 18.2 Å². The summed E-state index contributed by atoms with van der Waals surface area (Å²) in [7, 11) is 1.94. The number of nitrogens with one attached hydrogen (secondary N) is 1. The Morgan fingerprint density at radius 3 is 2.89 bits per heavy atom. The van der Waals surface area contributed by atoms with Gasteiger partial charge in [-0.25, -0.2) is 0 Å². The molecule has 1 N–H and O–H groups in total. The van der Waals surface area contributed by atoms with Crippen LogP contribution in [-0.2, 0) is 0 Å². The molecule has 0 aromatic heterocycles. The highest BCUT2D eigenvalue weighted by Gasteiger charge is 2.10. The molecule has 1 aromatic rings. The number of rotatable bonds is 8. The van der Waals surface area contributed by atoms with Gasteiger partial charge in [0.05, 0.1) is 6.61 Å². The minimum absolute atomic E-state index is 0.240. The minimum Gasteiger partial charge on any atom is -0.493 e. The number of hydrogen-bond acceptors (Lipinski definition) is 3. The predicted octanol–water partition coefficient (Wildman–Crippen LogP) is 4.14. The summed E-state index contributed by atoms with van der Waals surface area (Å²) >= 11 is 7.98. The third kappa shape index (κ3) is 5.09. The van der Waals surface area contributed by atoms with E-state index in [0.29, 0.717) is 0 Å². The Morgan fingerprint density at radius 2 is 2.22 bits per heavy atom. The van der Waals surface area contributed by atoms with Gasteiger partial charge in [-0.1, -0.05) is 18.5 Å². The van der Waals surface area contributed by atoms with Gasteiger partial charge in [-0.05, 0) is 50.1 Å². The molecule has 18 heavy (non-hydrogen) atoms. The standard InChI is InChI=1S/C14H22ClNOS/c1-4-18-9-5-8-17-14-7-6-12(15)10-13(14)11(2)16-3/h6-7,10-11,16H,4-5,8-9H2,1-3H3. The van der Waals surface area contributed by atoms with E-state index in [9.17, 15) is 0 Å². The lowest BCUT2D eigenvalue weighted by Crippen LogP contribution is -2.14. The molecule has 0 amide bonds. The van der Waals surface area contributed by atoms with Crippen molar-refractivity contribution in [2.75, 3.05) is 25.2 Å². The van der Waals surface area contributed by atoms with Crippen LogP contribution in [0, 0.1) is 0 Å². The van der Waals surface area contributed by atoms with Crippen LogP contribution in [0.5, 0.6) is 5.75 Å². The maximum absolute atomic E-state index is 6.03. The van der Waals surface area contributed by atoms with Gasteiger partial charge in [0.25, 0.3) is 0 Å². The molecule has 4 heteroatoms. The molecule has 1 atom stereocenters. The minimum atomic E-state index is 0.240. The predicted molar refractivity (Wildman–Crippen MR) is 82.0 cm³/mol. The van der Waals surface area contributed by atoms with Crippen LogP contribution >= 0.6 is 23.4 Å². The van der Waals surface area contributed by atoms with Gasteiger partial charge < -0.3 is 10.1 Å². The van der Waals surface area contributed by atoms with Crippen molar-refractivity contribution >= 4 is 23.4 Å². The molecule has 102 valence electrons. The van der Waals surface area contributed by atoms with E-state index >= 15 is 0 Å². The first kappa shape index (κ1) is 15.7. The van der Waals surface area contributed by atoms with Crippen molar-refractivity contribution in [2.24, 2.45) is 0 Å². The van der Waals surface area contributed by atoms with Crippen LogP contribution in [0.3, 0.4) is 0 Å². The fourth-order valence-corrected chi connectivity index (χ4v) is 2.42. The van der Waals surface area contributed by atoms with Gasteiger partial charge in [-0.15, -0.1) is 0 Å². The number of benzene rings is 1. The van der Waals surface area contributed by atoms with Crippen LogP contribution in [-0.4, -0.2) is 25.2 Å². The quantitative estimate of drug-likeness (QED) is 0.726. The highest BCUT2D eigenvalue weighted by Crippen LogP contribution is 2.28. The summed E-state index contributed by atoms with van der Waals surface area (Å²) in [6.07, 6.45) is 1.08. The van der Waals surface area contributed by atoms with Crippen molar-refractivity contribution in [3.63, 3.8) is 0 Å². The van der Waals surface area contributed by atoms with E-state index in [4.69, 9.17) is 16.3 Å². The molecular formula is C14H22ClNOS. The lowest BCUT2D eigenvalue weighted by molar-refractivity contribution is 0.312. The Balaban J connectivity index is 2.58. The lowest BCUT2D eigenvalue weighted by atomic mass is 10.1. The van der Waals surface area contributed by atoms with Gasteiger partial charge in [0.1, 0.15) is 5.75 Å². The second-order valence-electron chi connectivity index (χ2n) is 4.09. The van der Waals surface area contributed by atoms with E-state index in [1.54, 1.807) is 0 Å². The zero-order valence-electron chi connectivity index (χ0n) is 11.3. The summed E-state index contributed by atoms with van der Waals surface area (Å²) in [5.74, 6) is 3.26. The van der Waals surface area contributed by atoms with Crippen LogP contribution in [0.25, 0.3) is 0 Å². The molecule has 0 bridgehead atoms. The molecule has 0 spiro atoms. The molecule has 0 aliphatic rings. The first-order chi connectivity index (χ1) is 8.69. The Labute approximate surface area is 119 Å². The van der Waals surface area contributed by atoms with E-state index in [0.717, 1.165) is 35.1 Å². The number of halogens is 1. The highest BCUT2D eigenvalue weighted by molar-refractivity contribution is 7.99. The van der Waals surface area contributed by atoms with Crippen molar-refractivity contribution in [3.8, 4) is 5.75 Å². The Bertz CT molecular complexity index is 360. The van der Waals surface area contributed by atoms with Gasteiger partial charge in [0.15, 0.2) is 0 Å². The van der Waals surface area contributed by atoms with Crippen molar-refractivity contribution in [2.45, 2.75) is 26.3 Å². The van der Waals surface area contributed by atoms with Crippen molar-refractivity contribution in [1.29, 1.82) is 0 Å². The molecule has 1 unspecified atom stereocenters. The normalized spacial score (nSPS) is 12.4. The van der Waals surface area contributed by atoms with E-state index in [2.05, 4.69) is 19.2 Å². The average molecular weight is 288 g/mol. The largest absolute Gasteiger partial charge is 0.493 e. The monoisotopic (exact) mass is 287 g/mol. The Hall–Kier alpha value is -0.380. The van der Waals surface area contributed by atoms with Gasteiger partial charge in [-0.2, -0.15) is 11.8 Å². The maximum Gasteiger partial charge on any atom is 0.124 e. The van der Waals surface area contributed by atoms with Gasteiger partial charge in [0.2, 0.25) is 0 Å². The van der Waals surface area contributed by atoms with Crippen LogP contribution in [0.4, 0.5) is 0 Å². The maximum atomic E-state index is 6.03. The molecular weight excluding hydrogens is 266 g/mol. The second kappa shape index (κ2) is 8.68. The second-order valence-corrected chi connectivity index (χ2v) is 5.92. The fourth-order valence-electron chi connectivity index (χ4n) is 1.63. The summed E-state index contributed by atoms with van der Waals surface area (Å²) in [6.45, 7) is 5.04. The van der Waals surface area contributed by atoms with Gasteiger partial charge >= 0.3 is 0 Å². The molecule has 0 radical (unpaired) electrons. The average Bonchev–Trinajstić information content (AvgIpc) is 2.39. The molecule has 0 heterocycles. The van der Waals surface area contributed by atoms with E-state index in [1.165, 1.54) is 5.75 Å². The SMILES string of the molecule is CCSCCCOc1ccc(Cl)cc1C(C)NC. The molecule has 1 rings (SSSR count). The first-order valence-electron chi connectivity index (χ1n) is 6.36. The summed E-state index contributed by atoms with van der Waals surface area (Å²) < 4.78 is 5.85. The molecule has 0 saturated carbocycles. The molecule has 1 aromatic carbocycles. The Morgan fingerprint density at radius 1 is 1.44 bits per heavy atom. The number of hydrogen-bond donors (Lipinski definition) is 1. The van der Waals surface area contributed by atoms with Crippen molar-refractivity contribution < 1.29 is 4.74 Å².